The van der Waals surface area contributed by atoms with Gasteiger partial charge in [-0.05, 0) is 64.2 Å². The van der Waals surface area contributed by atoms with Gasteiger partial charge in [0, 0.05) is 12.8 Å². The normalized spacial score (nSPS) is 12.7. The number of hydrogen-bond donors (Lipinski definition) is 3. The molecule has 0 saturated heterocycles. The van der Waals surface area contributed by atoms with Crippen molar-refractivity contribution in [3.63, 3.8) is 0 Å². The van der Waals surface area contributed by atoms with Gasteiger partial charge in [-0.15, -0.1) is 0 Å². The largest absolute Gasteiger partial charge is 0.466 e. The lowest BCUT2D eigenvalue weighted by atomic mass is 10.0. The summed E-state index contributed by atoms with van der Waals surface area (Å²) in [5.41, 5.74) is 0. The van der Waals surface area contributed by atoms with Gasteiger partial charge in [-0.2, -0.15) is 0 Å². The molecular formula is C73H139NO5. The van der Waals surface area contributed by atoms with Gasteiger partial charge in [-0.3, -0.25) is 9.59 Å². The molecule has 0 aliphatic heterocycles. The Morgan fingerprint density at radius 2 is 0.633 bits per heavy atom. The highest BCUT2D eigenvalue weighted by atomic mass is 16.5. The minimum atomic E-state index is -0.847. The molecule has 0 rings (SSSR count). The van der Waals surface area contributed by atoms with Crippen molar-refractivity contribution in [3.05, 3.63) is 36.5 Å². The van der Waals surface area contributed by atoms with Crippen LogP contribution < -0.4 is 5.32 Å². The van der Waals surface area contributed by atoms with Crippen LogP contribution in [0.2, 0.25) is 0 Å². The second-order valence-corrected chi connectivity index (χ2v) is 24.6. The fourth-order valence-corrected chi connectivity index (χ4v) is 11.2. The highest BCUT2D eigenvalue weighted by molar-refractivity contribution is 5.76. The number of esters is 1. The van der Waals surface area contributed by atoms with E-state index in [-0.39, 0.29) is 18.5 Å². The molecule has 6 heteroatoms. The van der Waals surface area contributed by atoms with Gasteiger partial charge in [-0.1, -0.05) is 352 Å². The highest BCUT2D eigenvalue weighted by Gasteiger charge is 2.18. The SMILES string of the molecule is CCCCCCCCCCCCCCCCCC/C=C/C(O)C(CO)NC(=O)CCCCCCCCCCCCC/C=C\C/C=C\CCCCCCCCCCCOC(=O)CCCCCCCCCCCCCCCCCCC. The Bertz CT molecular complexity index is 1280. The zero-order chi connectivity index (χ0) is 57.1. The molecule has 6 nitrogen and oxygen atoms in total. The van der Waals surface area contributed by atoms with Gasteiger partial charge in [0.2, 0.25) is 5.91 Å². The molecule has 0 fully saturated rings. The first-order valence-corrected chi connectivity index (χ1v) is 35.8. The van der Waals surface area contributed by atoms with E-state index in [4.69, 9.17) is 4.74 Å². The minimum Gasteiger partial charge on any atom is -0.466 e. The molecule has 79 heavy (non-hydrogen) atoms. The number of aliphatic hydroxyl groups is 2. The Morgan fingerprint density at radius 3 is 0.962 bits per heavy atom. The Morgan fingerprint density at radius 1 is 0.354 bits per heavy atom. The van der Waals surface area contributed by atoms with E-state index in [0.717, 1.165) is 44.9 Å². The molecule has 1 amide bonds. The fourth-order valence-electron chi connectivity index (χ4n) is 11.2. The van der Waals surface area contributed by atoms with E-state index in [0.29, 0.717) is 19.4 Å². The number of carbonyl (C=O) groups is 2. The monoisotopic (exact) mass is 1110 g/mol. The van der Waals surface area contributed by atoms with E-state index in [9.17, 15) is 19.8 Å². The van der Waals surface area contributed by atoms with Gasteiger partial charge in [0.1, 0.15) is 0 Å². The molecule has 0 radical (unpaired) electrons. The molecule has 466 valence electrons. The molecule has 0 aromatic heterocycles. The van der Waals surface area contributed by atoms with E-state index in [1.807, 2.05) is 6.08 Å². The van der Waals surface area contributed by atoms with Crippen LogP contribution in [0.1, 0.15) is 393 Å². The Kier molecular flexibility index (Phi) is 66.9. The van der Waals surface area contributed by atoms with Crippen LogP contribution in [0.4, 0.5) is 0 Å². The van der Waals surface area contributed by atoms with Crippen molar-refractivity contribution < 1.29 is 24.5 Å². The Balaban J connectivity index is 3.42. The van der Waals surface area contributed by atoms with Gasteiger partial charge < -0.3 is 20.3 Å². The smallest absolute Gasteiger partial charge is 0.305 e. The number of hydrogen-bond acceptors (Lipinski definition) is 5. The van der Waals surface area contributed by atoms with Crippen molar-refractivity contribution in [3.8, 4) is 0 Å². The topological polar surface area (TPSA) is 95.9 Å². The number of nitrogens with one attached hydrogen (secondary N) is 1. The number of allylic oxidation sites excluding steroid dienone is 5. The third-order valence-corrected chi connectivity index (χ3v) is 16.7. The summed E-state index contributed by atoms with van der Waals surface area (Å²) < 4.78 is 5.50. The van der Waals surface area contributed by atoms with Crippen LogP contribution in [0.25, 0.3) is 0 Å². The second kappa shape index (κ2) is 68.6. The summed E-state index contributed by atoms with van der Waals surface area (Å²) in [7, 11) is 0. The van der Waals surface area contributed by atoms with Crippen molar-refractivity contribution in [1.82, 2.24) is 5.32 Å². The van der Waals surface area contributed by atoms with Crippen molar-refractivity contribution in [1.29, 1.82) is 0 Å². The lowest BCUT2D eigenvalue weighted by Crippen LogP contribution is -2.45. The number of aliphatic hydroxyl groups excluding tert-OH is 2. The van der Waals surface area contributed by atoms with Crippen molar-refractivity contribution in [2.24, 2.45) is 0 Å². The van der Waals surface area contributed by atoms with Crippen LogP contribution in [-0.2, 0) is 14.3 Å². The van der Waals surface area contributed by atoms with Crippen molar-refractivity contribution >= 4 is 11.9 Å². The van der Waals surface area contributed by atoms with Gasteiger partial charge in [0.25, 0.3) is 0 Å². The molecule has 0 heterocycles. The van der Waals surface area contributed by atoms with E-state index in [1.165, 1.54) is 321 Å². The van der Waals surface area contributed by atoms with Crippen LogP contribution in [-0.4, -0.2) is 47.4 Å². The van der Waals surface area contributed by atoms with E-state index < -0.39 is 12.1 Å². The first kappa shape index (κ1) is 77.1. The summed E-state index contributed by atoms with van der Waals surface area (Å²) in [5, 5.41) is 23.2. The van der Waals surface area contributed by atoms with Gasteiger partial charge >= 0.3 is 5.97 Å². The molecule has 0 aliphatic rings. The Hall–Kier alpha value is -1.92. The average Bonchev–Trinajstić information content (AvgIpc) is 3.45. The number of ether oxygens (including phenoxy) is 1. The third-order valence-electron chi connectivity index (χ3n) is 16.7. The van der Waals surface area contributed by atoms with E-state index >= 15 is 0 Å². The summed E-state index contributed by atoms with van der Waals surface area (Å²) >= 11 is 0. The molecule has 0 spiro atoms. The predicted octanol–water partition coefficient (Wildman–Crippen LogP) is 23.1. The summed E-state index contributed by atoms with van der Waals surface area (Å²) in [6.07, 6.45) is 87.9. The van der Waals surface area contributed by atoms with Crippen molar-refractivity contribution in [2.75, 3.05) is 13.2 Å². The number of unbranched alkanes of at least 4 members (excludes halogenated alkanes) is 52. The van der Waals surface area contributed by atoms with Crippen LogP contribution >= 0.6 is 0 Å². The predicted molar refractivity (Wildman–Crippen MR) is 347 cm³/mol. The second-order valence-electron chi connectivity index (χ2n) is 24.6. The maximum absolute atomic E-state index is 12.5. The molecule has 0 aromatic carbocycles. The van der Waals surface area contributed by atoms with Crippen LogP contribution in [0.5, 0.6) is 0 Å². The van der Waals surface area contributed by atoms with Gasteiger partial charge in [0.05, 0.1) is 25.4 Å². The molecule has 3 N–H and O–H groups in total. The molecule has 0 bridgehead atoms. The summed E-state index contributed by atoms with van der Waals surface area (Å²) in [5.74, 6) is -0.0535. The molecule has 2 atom stereocenters. The van der Waals surface area contributed by atoms with E-state index in [2.05, 4.69) is 43.5 Å². The quantitative estimate of drug-likeness (QED) is 0.0320. The molecule has 0 saturated carbocycles. The molecule has 0 aliphatic carbocycles. The van der Waals surface area contributed by atoms with Crippen molar-refractivity contribution in [2.45, 2.75) is 405 Å². The maximum atomic E-state index is 12.5. The van der Waals surface area contributed by atoms with Crippen LogP contribution in [0, 0.1) is 0 Å². The molecule has 2 unspecified atom stereocenters. The van der Waals surface area contributed by atoms with Gasteiger partial charge in [-0.25, -0.2) is 0 Å². The summed E-state index contributed by atoms with van der Waals surface area (Å²) in [6.45, 7) is 4.94. The zero-order valence-corrected chi connectivity index (χ0v) is 53.4. The molecular weight excluding hydrogens is 971 g/mol. The highest BCUT2D eigenvalue weighted by Crippen LogP contribution is 2.18. The van der Waals surface area contributed by atoms with Gasteiger partial charge in [0.15, 0.2) is 0 Å². The first-order valence-electron chi connectivity index (χ1n) is 35.8. The number of carbonyl (C=O) groups excluding carboxylic acids is 2. The number of rotatable bonds is 67. The summed E-state index contributed by atoms with van der Waals surface area (Å²) in [6, 6.07) is -0.631. The standard InChI is InChI=1S/C73H139NO5/c1-3-5-7-9-11-13-15-17-19-21-34-37-41-45-49-53-57-61-65-71(76)70(69-75)74-72(77)66-62-58-54-50-46-42-38-35-31-29-27-25-23-22-24-26-28-30-32-36-40-44-48-52-56-60-64-68-79-73(78)67-63-59-55-51-47-43-39-33-20-18-16-14-12-10-8-6-4-2/h22-23,26,28,61,65,70-71,75-76H,3-21,24-25,27,29-60,62-64,66-69H2,1-2H3,(H,74,77)/b23-22-,28-26-,65-61+. The molecule has 0 aromatic rings. The lowest BCUT2D eigenvalue weighted by molar-refractivity contribution is -0.143. The van der Waals surface area contributed by atoms with Crippen LogP contribution in [0.15, 0.2) is 36.5 Å². The summed E-state index contributed by atoms with van der Waals surface area (Å²) in [4.78, 5) is 24.6. The third kappa shape index (κ3) is 65.1. The number of amides is 1. The first-order chi connectivity index (χ1) is 39.0. The lowest BCUT2D eigenvalue weighted by Gasteiger charge is -2.20. The van der Waals surface area contributed by atoms with Crippen LogP contribution in [0.3, 0.4) is 0 Å². The zero-order valence-electron chi connectivity index (χ0n) is 53.4. The maximum Gasteiger partial charge on any atom is 0.305 e. The average molecular weight is 1110 g/mol. The minimum absolute atomic E-state index is 0.0147. The van der Waals surface area contributed by atoms with E-state index in [1.54, 1.807) is 6.08 Å². The Labute approximate surface area is 494 Å². The fraction of sp³-hybridized carbons (Fsp3) is 0.890.